The molecule has 0 heterocycles. The van der Waals surface area contributed by atoms with Crippen molar-refractivity contribution in [3.63, 3.8) is 0 Å². The van der Waals surface area contributed by atoms with Crippen molar-refractivity contribution in [3.8, 4) is 0 Å². The number of hydrogen-bond acceptors (Lipinski definition) is 3. The number of benzene rings is 1. The van der Waals surface area contributed by atoms with Gasteiger partial charge < -0.3 is 0 Å². The standard InChI is InChI=1S/C7H3Cl3O3S/c8-5-1-4(3-11)2-6(9)7(5)14(10,12)13/h1-3H. The first kappa shape index (κ1) is 11.8. The summed E-state index contributed by atoms with van der Waals surface area (Å²) in [5.41, 5.74) is 0.184. The van der Waals surface area contributed by atoms with Crippen molar-refractivity contribution in [1.29, 1.82) is 0 Å². The summed E-state index contributed by atoms with van der Waals surface area (Å²) in [7, 11) is 1.08. The quantitative estimate of drug-likeness (QED) is 0.615. The fourth-order valence-electron chi connectivity index (χ4n) is 0.880. The molecular weight excluding hydrogens is 270 g/mol. The van der Waals surface area contributed by atoms with Crippen LogP contribution in [0.4, 0.5) is 0 Å². The molecule has 0 aromatic heterocycles. The molecule has 1 aromatic rings. The summed E-state index contributed by atoms with van der Waals surface area (Å²) < 4.78 is 22.0. The summed E-state index contributed by atoms with van der Waals surface area (Å²) in [6.45, 7) is 0. The molecule has 0 saturated heterocycles. The molecule has 0 bridgehead atoms. The maximum Gasteiger partial charge on any atom is 0.264 e. The predicted molar refractivity (Wildman–Crippen MR) is 54.9 cm³/mol. The van der Waals surface area contributed by atoms with E-state index in [1.54, 1.807) is 0 Å². The molecule has 0 saturated carbocycles. The lowest BCUT2D eigenvalue weighted by Gasteiger charge is -2.03. The Bertz CT molecular complexity index is 458. The lowest BCUT2D eigenvalue weighted by molar-refractivity contribution is 0.112. The normalized spacial score (nSPS) is 11.4. The van der Waals surface area contributed by atoms with Crippen molar-refractivity contribution in [2.24, 2.45) is 0 Å². The van der Waals surface area contributed by atoms with E-state index in [0.717, 1.165) is 0 Å². The van der Waals surface area contributed by atoms with E-state index in [-0.39, 0.29) is 20.5 Å². The molecule has 14 heavy (non-hydrogen) atoms. The van der Waals surface area contributed by atoms with E-state index < -0.39 is 9.05 Å². The Kier molecular flexibility index (Phi) is 3.42. The molecule has 0 fully saturated rings. The fraction of sp³-hybridized carbons (Fsp3) is 0. The highest BCUT2D eigenvalue weighted by Crippen LogP contribution is 2.32. The van der Waals surface area contributed by atoms with Crippen LogP contribution in [0.15, 0.2) is 17.0 Å². The van der Waals surface area contributed by atoms with Crippen LogP contribution in [-0.2, 0) is 9.05 Å². The van der Waals surface area contributed by atoms with E-state index in [4.69, 9.17) is 33.9 Å². The Morgan fingerprint density at radius 2 is 1.57 bits per heavy atom. The lowest BCUT2D eigenvalue weighted by atomic mass is 10.2. The van der Waals surface area contributed by atoms with Crippen LogP contribution in [0.5, 0.6) is 0 Å². The highest BCUT2D eigenvalue weighted by Gasteiger charge is 2.19. The van der Waals surface area contributed by atoms with E-state index in [0.29, 0.717) is 6.29 Å². The zero-order chi connectivity index (χ0) is 10.9. The average Bonchev–Trinajstić information content (AvgIpc) is 1.99. The van der Waals surface area contributed by atoms with Crippen LogP contribution in [0.2, 0.25) is 10.0 Å². The molecule has 1 rings (SSSR count). The third-order valence-electron chi connectivity index (χ3n) is 1.40. The van der Waals surface area contributed by atoms with Gasteiger partial charge in [0.05, 0.1) is 10.0 Å². The molecule has 0 atom stereocenters. The van der Waals surface area contributed by atoms with Gasteiger partial charge >= 0.3 is 0 Å². The zero-order valence-corrected chi connectivity index (χ0v) is 9.58. The average molecular weight is 274 g/mol. The van der Waals surface area contributed by atoms with Crippen LogP contribution in [0.3, 0.4) is 0 Å². The van der Waals surface area contributed by atoms with Gasteiger partial charge in [-0.05, 0) is 12.1 Å². The molecule has 3 nitrogen and oxygen atoms in total. The van der Waals surface area contributed by atoms with Crippen LogP contribution in [0, 0.1) is 0 Å². The maximum absolute atomic E-state index is 11.0. The van der Waals surface area contributed by atoms with Gasteiger partial charge in [-0.3, -0.25) is 4.79 Å². The highest BCUT2D eigenvalue weighted by atomic mass is 35.7. The molecule has 0 amide bonds. The first-order valence-electron chi connectivity index (χ1n) is 3.25. The number of rotatable bonds is 2. The molecular formula is C7H3Cl3O3S. The first-order valence-corrected chi connectivity index (χ1v) is 6.31. The SMILES string of the molecule is O=Cc1cc(Cl)c(S(=O)(=O)Cl)c(Cl)c1. The molecule has 0 aliphatic rings. The largest absolute Gasteiger partial charge is 0.298 e. The van der Waals surface area contributed by atoms with Crippen LogP contribution in [0.1, 0.15) is 10.4 Å². The fourth-order valence-corrected chi connectivity index (χ4v) is 3.31. The Labute approximate surface area is 95.0 Å². The van der Waals surface area contributed by atoms with Gasteiger partial charge in [0.1, 0.15) is 11.2 Å². The number of aldehydes is 1. The summed E-state index contributed by atoms with van der Waals surface area (Å²) in [6, 6.07) is 2.35. The topological polar surface area (TPSA) is 51.2 Å². The smallest absolute Gasteiger partial charge is 0.264 e. The van der Waals surface area contributed by atoms with Gasteiger partial charge in [0.2, 0.25) is 0 Å². The van der Waals surface area contributed by atoms with E-state index in [1.165, 1.54) is 12.1 Å². The van der Waals surface area contributed by atoms with Crippen molar-refractivity contribution in [2.75, 3.05) is 0 Å². The molecule has 0 radical (unpaired) electrons. The minimum absolute atomic E-state index is 0.172. The molecule has 0 N–H and O–H groups in total. The van der Waals surface area contributed by atoms with Gasteiger partial charge in [0, 0.05) is 16.2 Å². The summed E-state index contributed by atoms with van der Waals surface area (Å²) in [4.78, 5) is 9.99. The molecule has 7 heteroatoms. The van der Waals surface area contributed by atoms with Gasteiger partial charge in [-0.1, -0.05) is 23.2 Å². The Morgan fingerprint density at radius 3 is 1.86 bits per heavy atom. The molecule has 76 valence electrons. The van der Waals surface area contributed by atoms with Crippen molar-refractivity contribution >= 4 is 49.2 Å². The second kappa shape index (κ2) is 4.06. The van der Waals surface area contributed by atoms with Gasteiger partial charge in [0.25, 0.3) is 9.05 Å². The van der Waals surface area contributed by atoms with Gasteiger partial charge in [-0.25, -0.2) is 8.42 Å². The monoisotopic (exact) mass is 272 g/mol. The minimum atomic E-state index is -4.00. The van der Waals surface area contributed by atoms with E-state index >= 15 is 0 Å². The van der Waals surface area contributed by atoms with Crippen LogP contribution in [0.25, 0.3) is 0 Å². The van der Waals surface area contributed by atoms with Crippen LogP contribution < -0.4 is 0 Å². The highest BCUT2D eigenvalue weighted by molar-refractivity contribution is 8.14. The summed E-state index contributed by atoms with van der Waals surface area (Å²) in [5.74, 6) is 0. The Hall–Kier alpha value is -0.290. The predicted octanol–water partition coefficient (Wildman–Crippen LogP) is 2.73. The summed E-state index contributed by atoms with van der Waals surface area (Å²) in [6.07, 6.45) is 0.502. The van der Waals surface area contributed by atoms with Crippen molar-refractivity contribution < 1.29 is 13.2 Å². The maximum atomic E-state index is 11.0. The minimum Gasteiger partial charge on any atom is -0.298 e. The van der Waals surface area contributed by atoms with Crippen molar-refractivity contribution in [1.82, 2.24) is 0 Å². The van der Waals surface area contributed by atoms with Gasteiger partial charge in [0.15, 0.2) is 0 Å². The number of carbonyl (C=O) groups excluding carboxylic acids is 1. The number of hydrogen-bond donors (Lipinski definition) is 0. The molecule has 1 aromatic carbocycles. The molecule has 0 aliphatic carbocycles. The van der Waals surface area contributed by atoms with Gasteiger partial charge in [-0.15, -0.1) is 0 Å². The van der Waals surface area contributed by atoms with Crippen molar-refractivity contribution in [3.05, 3.63) is 27.7 Å². The third-order valence-corrected chi connectivity index (χ3v) is 3.61. The lowest BCUT2D eigenvalue weighted by Crippen LogP contribution is -1.95. The third kappa shape index (κ3) is 2.39. The summed E-state index contributed by atoms with van der Waals surface area (Å²) in [5, 5.41) is -0.343. The number of carbonyl (C=O) groups is 1. The van der Waals surface area contributed by atoms with E-state index in [2.05, 4.69) is 0 Å². The Morgan fingerprint density at radius 1 is 1.14 bits per heavy atom. The van der Waals surface area contributed by atoms with Crippen LogP contribution >= 0.6 is 33.9 Å². The first-order chi connectivity index (χ1) is 6.36. The van der Waals surface area contributed by atoms with Crippen molar-refractivity contribution in [2.45, 2.75) is 4.90 Å². The Balaban J connectivity index is 3.56. The zero-order valence-electron chi connectivity index (χ0n) is 6.50. The second-order valence-corrected chi connectivity index (χ2v) is 5.69. The molecule has 0 spiro atoms. The van der Waals surface area contributed by atoms with E-state index in [9.17, 15) is 13.2 Å². The molecule has 0 unspecified atom stereocenters. The molecule has 0 aliphatic heterocycles. The van der Waals surface area contributed by atoms with Crippen LogP contribution in [-0.4, -0.2) is 14.7 Å². The van der Waals surface area contributed by atoms with E-state index in [1.807, 2.05) is 0 Å². The second-order valence-electron chi connectivity index (χ2n) is 2.37. The van der Waals surface area contributed by atoms with Gasteiger partial charge in [-0.2, -0.15) is 0 Å². The number of halogens is 3. The summed E-state index contributed by atoms with van der Waals surface area (Å²) >= 11 is 11.2.